The first kappa shape index (κ1) is 26.4. The van der Waals surface area contributed by atoms with Crippen LogP contribution in [0.3, 0.4) is 0 Å². The summed E-state index contributed by atoms with van der Waals surface area (Å²) in [6.07, 6.45) is 0.852. The number of benzene rings is 2. The highest BCUT2D eigenvalue weighted by Gasteiger charge is 2.45. The average Bonchev–Trinajstić information content (AvgIpc) is 2.91. The number of hydrogen-bond donors (Lipinski definition) is 0. The maximum Gasteiger partial charge on any atom is 0.315 e. The van der Waals surface area contributed by atoms with Gasteiger partial charge in [-0.2, -0.15) is 0 Å². The molecule has 0 radical (unpaired) electrons. The number of nitrogens with zero attached hydrogens (tertiary/aromatic N) is 1. The van der Waals surface area contributed by atoms with Crippen molar-refractivity contribution in [3.8, 4) is 17.2 Å². The minimum atomic E-state index is -0.742. The summed E-state index contributed by atoms with van der Waals surface area (Å²) in [5.41, 5.74) is 3.60. The highest BCUT2D eigenvalue weighted by molar-refractivity contribution is 6.09. The Bertz CT molecular complexity index is 1230. The number of hydrogen-bond acceptors (Lipinski definition) is 8. The molecule has 1 unspecified atom stereocenters. The Morgan fingerprint density at radius 1 is 0.919 bits per heavy atom. The van der Waals surface area contributed by atoms with E-state index >= 15 is 0 Å². The van der Waals surface area contributed by atoms with E-state index in [-0.39, 0.29) is 24.9 Å². The molecule has 0 amide bonds. The summed E-state index contributed by atoms with van der Waals surface area (Å²) >= 11 is 0. The van der Waals surface area contributed by atoms with E-state index in [2.05, 4.69) is 0 Å². The van der Waals surface area contributed by atoms with Crippen LogP contribution in [0.25, 0.3) is 0 Å². The lowest BCUT2D eigenvalue weighted by Crippen LogP contribution is -2.38. The first-order chi connectivity index (χ1) is 17.9. The molecule has 1 aliphatic heterocycles. The topological polar surface area (TPSA) is 92.7 Å². The Hall–Kier alpha value is -3.65. The number of para-hydroxylation sites is 1. The smallest absolute Gasteiger partial charge is 0.315 e. The molecule has 0 spiro atoms. The second-order valence-corrected chi connectivity index (χ2v) is 9.11. The Labute approximate surface area is 217 Å². The molecule has 8 heteroatoms. The largest absolute Gasteiger partial charge is 0.496 e. The maximum absolute atomic E-state index is 13.8. The van der Waals surface area contributed by atoms with Crippen LogP contribution in [0.5, 0.6) is 17.2 Å². The van der Waals surface area contributed by atoms with Crippen LogP contribution in [0.4, 0.5) is 0 Å². The molecule has 0 saturated carbocycles. The van der Waals surface area contributed by atoms with Gasteiger partial charge in [-0.25, -0.2) is 0 Å². The van der Waals surface area contributed by atoms with Gasteiger partial charge in [-0.15, -0.1) is 0 Å². The molecule has 3 atom stereocenters. The lowest BCUT2D eigenvalue weighted by molar-refractivity contribution is -0.147. The second kappa shape index (κ2) is 11.6. The Kier molecular flexibility index (Phi) is 8.28. The first-order valence-electron chi connectivity index (χ1n) is 12.2. The fourth-order valence-electron chi connectivity index (χ4n) is 5.28. The van der Waals surface area contributed by atoms with Gasteiger partial charge in [0, 0.05) is 42.0 Å². The third kappa shape index (κ3) is 5.25. The number of carbonyl (C=O) groups excluding carboxylic acids is 2. The predicted octanol–water partition coefficient (Wildman–Crippen LogP) is 4.48. The fraction of sp³-hybridized carbons (Fsp3) is 0.414. The standard InChI is InChI=1S/C29H33NO7/c1-17-26(29(32)37-13-12-33-2)27(20-8-6-7-9-23(20)34-3)28-21(30-17)14-19(15-22(28)31)18-10-11-24(35-4)25(16-18)36-5/h6-11,16,19,26-27H,12-15H2,1-5H3/t19-,26?,27+/m1/s1. The zero-order valence-electron chi connectivity index (χ0n) is 21.9. The highest BCUT2D eigenvalue weighted by Crippen LogP contribution is 2.49. The van der Waals surface area contributed by atoms with E-state index in [1.165, 1.54) is 0 Å². The fourth-order valence-corrected chi connectivity index (χ4v) is 5.28. The normalized spacial score (nSPS) is 21.2. The van der Waals surface area contributed by atoms with Gasteiger partial charge >= 0.3 is 5.97 Å². The molecule has 4 rings (SSSR count). The first-order valence-corrected chi connectivity index (χ1v) is 12.2. The van der Waals surface area contributed by atoms with E-state index in [1.807, 2.05) is 49.4 Å². The van der Waals surface area contributed by atoms with Crippen LogP contribution in [0, 0.1) is 5.92 Å². The molecule has 8 nitrogen and oxygen atoms in total. The summed E-state index contributed by atoms with van der Waals surface area (Å²) in [6.45, 7) is 2.23. The van der Waals surface area contributed by atoms with Crippen molar-refractivity contribution in [2.24, 2.45) is 10.9 Å². The van der Waals surface area contributed by atoms with Gasteiger partial charge in [-0.05, 0) is 43.0 Å². The van der Waals surface area contributed by atoms with Crippen molar-refractivity contribution in [3.63, 3.8) is 0 Å². The van der Waals surface area contributed by atoms with Crippen molar-refractivity contribution < 1.29 is 33.3 Å². The molecule has 0 bridgehead atoms. The average molecular weight is 508 g/mol. The minimum Gasteiger partial charge on any atom is -0.496 e. The monoisotopic (exact) mass is 507 g/mol. The molecule has 0 saturated heterocycles. The maximum atomic E-state index is 13.8. The van der Waals surface area contributed by atoms with Crippen LogP contribution in [0.1, 0.15) is 42.7 Å². The van der Waals surface area contributed by atoms with Gasteiger partial charge < -0.3 is 23.7 Å². The summed E-state index contributed by atoms with van der Waals surface area (Å²) in [4.78, 5) is 31.9. The van der Waals surface area contributed by atoms with Crippen LogP contribution in [-0.4, -0.2) is 59.1 Å². The summed E-state index contributed by atoms with van der Waals surface area (Å²) in [6, 6.07) is 13.2. The van der Waals surface area contributed by atoms with Crippen molar-refractivity contribution in [1.29, 1.82) is 0 Å². The van der Waals surface area contributed by atoms with Gasteiger partial charge in [0.1, 0.15) is 18.3 Å². The number of esters is 1. The van der Waals surface area contributed by atoms with Gasteiger partial charge in [0.2, 0.25) is 0 Å². The zero-order valence-corrected chi connectivity index (χ0v) is 21.9. The molecule has 2 aromatic rings. The van der Waals surface area contributed by atoms with Crippen LogP contribution >= 0.6 is 0 Å². The highest BCUT2D eigenvalue weighted by atomic mass is 16.6. The Morgan fingerprint density at radius 2 is 1.65 bits per heavy atom. The van der Waals surface area contributed by atoms with E-state index in [0.29, 0.717) is 47.1 Å². The van der Waals surface area contributed by atoms with Crippen molar-refractivity contribution in [2.75, 3.05) is 41.7 Å². The van der Waals surface area contributed by atoms with Crippen molar-refractivity contribution in [3.05, 3.63) is 64.9 Å². The second-order valence-electron chi connectivity index (χ2n) is 9.11. The number of ether oxygens (including phenoxy) is 5. The van der Waals surface area contributed by atoms with E-state index in [4.69, 9.17) is 28.7 Å². The SMILES string of the molecule is COCCOC(=O)C1C(C)=NC2=C(C(=O)C[C@H](c3ccc(OC)c(OC)c3)C2)[C@H]1c1ccccc1OC. The van der Waals surface area contributed by atoms with E-state index in [1.54, 1.807) is 28.4 Å². The molecule has 0 N–H and O–H groups in total. The van der Waals surface area contributed by atoms with E-state index in [0.717, 1.165) is 11.1 Å². The molecular formula is C29H33NO7. The lowest BCUT2D eigenvalue weighted by Gasteiger charge is -2.37. The predicted molar refractivity (Wildman–Crippen MR) is 139 cm³/mol. The molecule has 0 aromatic heterocycles. The summed E-state index contributed by atoms with van der Waals surface area (Å²) < 4.78 is 27.0. The van der Waals surface area contributed by atoms with Crippen molar-refractivity contribution in [2.45, 2.75) is 31.6 Å². The minimum absolute atomic E-state index is 0.0390. The van der Waals surface area contributed by atoms with Gasteiger partial charge in [0.15, 0.2) is 17.3 Å². The molecule has 1 aliphatic carbocycles. The molecular weight excluding hydrogens is 474 g/mol. The third-order valence-electron chi connectivity index (χ3n) is 7.03. The number of Topliss-reactive ketones (excluding diaryl/α,β-unsaturated/α-hetero) is 1. The molecule has 37 heavy (non-hydrogen) atoms. The molecule has 0 fully saturated rings. The quantitative estimate of drug-likeness (QED) is 0.365. The van der Waals surface area contributed by atoms with Crippen LogP contribution in [0.15, 0.2) is 58.7 Å². The van der Waals surface area contributed by atoms with Gasteiger partial charge in [-0.3, -0.25) is 14.6 Å². The number of ketones is 1. The van der Waals surface area contributed by atoms with Gasteiger partial charge in [0.05, 0.1) is 27.9 Å². The van der Waals surface area contributed by atoms with Gasteiger partial charge in [-0.1, -0.05) is 24.3 Å². The number of methoxy groups -OCH3 is 4. The number of rotatable bonds is 9. The van der Waals surface area contributed by atoms with E-state index in [9.17, 15) is 9.59 Å². The third-order valence-corrected chi connectivity index (χ3v) is 7.03. The Balaban J connectivity index is 1.77. The zero-order chi connectivity index (χ0) is 26.5. The summed E-state index contributed by atoms with van der Waals surface area (Å²) in [7, 11) is 6.31. The molecule has 1 heterocycles. The summed E-state index contributed by atoms with van der Waals surface area (Å²) in [5, 5.41) is 0. The molecule has 196 valence electrons. The summed E-state index contributed by atoms with van der Waals surface area (Å²) in [5.74, 6) is 0.00128. The number of carbonyl (C=O) groups is 2. The van der Waals surface area contributed by atoms with Crippen LogP contribution in [0.2, 0.25) is 0 Å². The van der Waals surface area contributed by atoms with Crippen LogP contribution < -0.4 is 14.2 Å². The van der Waals surface area contributed by atoms with Crippen molar-refractivity contribution in [1.82, 2.24) is 0 Å². The number of aliphatic imine (C=N–C) groups is 1. The van der Waals surface area contributed by atoms with Gasteiger partial charge in [0.25, 0.3) is 0 Å². The number of allylic oxidation sites excluding steroid dienone is 2. The van der Waals surface area contributed by atoms with Crippen LogP contribution in [-0.2, 0) is 19.1 Å². The molecule has 2 aromatic carbocycles. The molecule has 2 aliphatic rings. The van der Waals surface area contributed by atoms with Crippen molar-refractivity contribution >= 4 is 17.5 Å². The lowest BCUT2D eigenvalue weighted by atomic mass is 9.69. The van der Waals surface area contributed by atoms with E-state index < -0.39 is 17.8 Å². The Morgan fingerprint density at radius 3 is 2.35 bits per heavy atom.